The maximum absolute atomic E-state index is 4.71. The molecule has 0 aromatic carbocycles. The second-order valence-corrected chi connectivity index (χ2v) is 7.40. The van der Waals surface area contributed by atoms with Gasteiger partial charge in [-0.05, 0) is 61.6 Å². The van der Waals surface area contributed by atoms with Gasteiger partial charge in [-0.3, -0.25) is 4.98 Å². The summed E-state index contributed by atoms with van der Waals surface area (Å²) < 4.78 is 0. The summed E-state index contributed by atoms with van der Waals surface area (Å²) in [5, 5.41) is 0. The molecule has 0 saturated heterocycles. The van der Waals surface area contributed by atoms with Gasteiger partial charge in [0, 0.05) is 11.1 Å². The first-order chi connectivity index (χ1) is 10.6. The quantitative estimate of drug-likeness (QED) is 0.561. The third kappa shape index (κ3) is 4.61. The van der Waals surface area contributed by atoms with E-state index in [4.69, 9.17) is 4.98 Å². The maximum atomic E-state index is 4.71. The number of rotatable bonds is 5. The summed E-state index contributed by atoms with van der Waals surface area (Å²) in [7, 11) is 0. The predicted octanol–water partition coefficient (Wildman–Crippen LogP) is 6.70. The first-order valence-electron chi connectivity index (χ1n) is 8.25. The number of pyridine rings is 1. The highest BCUT2D eigenvalue weighted by Gasteiger charge is 2.15. The van der Waals surface area contributed by atoms with Crippen LogP contribution in [0.5, 0.6) is 0 Å². The van der Waals surface area contributed by atoms with Gasteiger partial charge in [-0.15, -0.1) is 0 Å². The molecular weight excluding hydrogens is 286 g/mol. The van der Waals surface area contributed by atoms with Crippen molar-refractivity contribution in [2.75, 3.05) is 0 Å². The smallest absolute Gasteiger partial charge is 0.0666 e. The molecule has 1 saturated carbocycles. The van der Waals surface area contributed by atoms with Gasteiger partial charge in [-0.25, -0.2) is 0 Å². The van der Waals surface area contributed by atoms with Crippen molar-refractivity contribution in [2.45, 2.75) is 58.8 Å². The Kier molecular flexibility index (Phi) is 6.50. The molecule has 0 amide bonds. The average molecular weight is 314 g/mol. The molecule has 0 radical (unpaired) electrons. The van der Waals surface area contributed by atoms with E-state index in [1.807, 2.05) is 19.1 Å². The molecule has 0 unspecified atom stereocenters. The van der Waals surface area contributed by atoms with E-state index >= 15 is 0 Å². The van der Waals surface area contributed by atoms with E-state index in [0.29, 0.717) is 0 Å². The van der Waals surface area contributed by atoms with E-state index in [0.717, 1.165) is 16.5 Å². The molecule has 118 valence electrons. The highest BCUT2D eigenvalue weighted by atomic mass is 32.2. The van der Waals surface area contributed by atoms with E-state index in [9.17, 15) is 0 Å². The van der Waals surface area contributed by atoms with Gasteiger partial charge in [0.05, 0.1) is 5.69 Å². The van der Waals surface area contributed by atoms with Crippen molar-refractivity contribution >= 4 is 17.3 Å². The van der Waals surface area contributed by atoms with E-state index in [2.05, 4.69) is 38.8 Å². The fourth-order valence-electron chi connectivity index (χ4n) is 2.98. The molecule has 0 N–H and O–H groups in total. The second-order valence-electron chi connectivity index (χ2n) is 6.06. The zero-order valence-corrected chi connectivity index (χ0v) is 14.9. The SMILES string of the molecule is C=C(/C=C\C)S/C(C)=C(/C)c1ccc(C2CCCCC2)cn1. The lowest BCUT2D eigenvalue weighted by Crippen LogP contribution is -2.05. The molecule has 2 heteroatoms. The van der Waals surface area contributed by atoms with Crippen LogP contribution in [-0.2, 0) is 0 Å². The van der Waals surface area contributed by atoms with Crippen LogP contribution in [0.3, 0.4) is 0 Å². The minimum absolute atomic E-state index is 0.726. The lowest BCUT2D eigenvalue weighted by atomic mass is 9.85. The lowest BCUT2D eigenvalue weighted by Gasteiger charge is -2.21. The van der Waals surface area contributed by atoms with Crippen molar-refractivity contribution in [3.8, 4) is 0 Å². The van der Waals surface area contributed by atoms with Crippen LogP contribution in [0.2, 0.25) is 0 Å². The van der Waals surface area contributed by atoms with Crippen LogP contribution in [0, 0.1) is 0 Å². The summed E-state index contributed by atoms with van der Waals surface area (Å²) in [6, 6.07) is 4.46. The highest BCUT2D eigenvalue weighted by molar-refractivity contribution is 8.07. The van der Waals surface area contributed by atoms with Gasteiger partial charge in [0.1, 0.15) is 0 Å². The van der Waals surface area contributed by atoms with Gasteiger partial charge in [0.25, 0.3) is 0 Å². The number of thioether (sulfide) groups is 1. The molecule has 22 heavy (non-hydrogen) atoms. The van der Waals surface area contributed by atoms with Gasteiger partial charge in [-0.2, -0.15) is 0 Å². The van der Waals surface area contributed by atoms with Crippen LogP contribution < -0.4 is 0 Å². The van der Waals surface area contributed by atoms with Crippen molar-refractivity contribution in [1.82, 2.24) is 4.98 Å². The van der Waals surface area contributed by atoms with Crippen molar-refractivity contribution in [1.29, 1.82) is 0 Å². The fraction of sp³-hybridized carbons (Fsp3) is 0.450. The molecule has 0 atom stereocenters. The number of nitrogens with zero attached hydrogens (tertiary/aromatic N) is 1. The minimum Gasteiger partial charge on any atom is -0.256 e. The summed E-state index contributed by atoms with van der Waals surface area (Å²) >= 11 is 1.72. The number of hydrogen-bond donors (Lipinski definition) is 0. The summed E-state index contributed by atoms with van der Waals surface area (Å²) in [5.74, 6) is 0.726. The molecule has 0 aliphatic heterocycles. The molecule has 1 nitrogen and oxygen atoms in total. The van der Waals surface area contributed by atoms with E-state index < -0.39 is 0 Å². The number of allylic oxidation sites excluding steroid dienone is 4. The van der Waals surface area contributed by atoms with Crippen molar-refractivity contribution < 1.29 is 0 Å². The van der Waals surface area contributed by atoms with E-state index in [1.165, 1.54) is 48.1 Å². The monoisotopic (exact) mass is 313 g/mol. The molecule has 1 aromatic rings. The second kappa shape index (κ2) is 8.38. The van der Waals surface area contributed by atoms with Crippen LogP contribution in [0.15, 0.2) is 46.9 Å². The zero-order valence-electron chi connectivity index (χ0n) is 14.1. The third-order valence-electron chi connectivity index (χ3n) is 4.41. The standard InChI is InChI=1S/C20H27NS/c1-5-9-15(2)22-17(4)16(3)20-13-12-19(14-21-20)18-10-7-6-8-11-18/h5,9,12-14,18H,2,6-8,10-11H2,1,3-4H3/b9-5-,17-16-. The van der Waals surface area contributed by atoms with Crippen molar-refractivity contribution in [3.63, 3.8) is 0 Å². The van der Waals surface area contributed by atoms with Crippen molar-refractivity contribution in [2.24, 2.45) is 0 Å². The Morgan fingerprint density at radius 1 is 1.23 bits per heavy atom. The molecule has 2 rings (SSSR count). The third-order valence-corrected chi connectivity index (χ3v) is 5.42. The highest BCUT2D eigenvalue weighted by Crippen LogP contribution is 2.34. The van der Waals surface area contributed by atoms with E-state index in [-0.39, 0.29) is 0 Å². The van der Waals surface area contributed by atoms with Crippen LogP contribution in [0.1, 0.15) is 70.1 Å². The van der Waals surface area contributed by atoms with Gasteiger partial charge in [-0.1, -0.05) is 55.8 Å². The molecule has 1 fully saturated rings. The Balaban J connectivity index is 2.09. The Morgan fingerprint density at radius 3 is 2.55 bits per heavy atom. The Hall–Kier alpha value is -1.28. The average Bonchev–Trinajstić information content (AvgIpc) is 2.55. The minimum atomic E-state index is 0.726. The fourth-order valence-corrected chi connectivity index (χ4v) is 3.83. The van der Waals surface area contributed by atoms with Gasteiger partial charge in [0.15, 0.2) is 0 Å². The molecular formula is C20H27NS. The van der Waals surface area contributed by atoms with Crippen molar-refractivity contribution in [3.05, 3.63) is 58.1 Å². The molecule has 0 bridgehead atoms. The molecule has 1 aliphatic carbocycles. The normalized spacial score (nSPS) is 17.6. The summed E-state index contributed by atoms with van der Waals surface area (Å²) in [4.78, 5) is 7.04. The van der Waals surface area contributed by atoms with Gasteiger partial charge >= 0.3 is 0 Å². The molecule has 1 heterocycles. The first-order valence-corrected chi connectivity index (χ1v) is 9.06. The van der Waals surface area contributed by atoms with Crippen LogP contribution in [0.4, 0.5) is 0 Å². The summed E-state index contributed by atoms with van der Waals surface area (Å²) in [5.41, 5.74) is 3.74. The molecule has 0 spiro atoms. The predicted molar refractivity (Wildman–Crippen MR) is 99.9 cm³/mol. The first kappa shape index (κ1) is 17.1. The topological polar surface area (TPSA) is 12.9 Å². The maximum Gasteiger partial charge on any atom is 0.0666 e. The van der Waals surface area contributed by atoms with E-state index in [1.54, 1.807) is 11.8 Å². The van der Waals surface area contributed by atoms with Crippen LogP contribution >= 0.6 is 11.8 Å². The zero-order chi connectivity index (χ0) is 15.9. The number of aromatic nitrogens is 1. The largest absolute Gasteiger partial charge is 0.256 e. The van der Waals surface area contributed by atoms with Crippen LogP contribution in [0.25, 0.3) is 5.57 Å². The lowest BCUT2D eigenvalue weighted by molar-refractivity contribution is 0.443. The summed E-state index contributed by atoms with van der Waals surface area (Å²) in [6.45, 7) is 10.4. The summed E-state index contributed by atoms with van der Waals surface area (Å²) in [6.07, 6.45) is 12.9. The Morgan fingerprint density at radius 2 is 1.95 bits per heavy atom. The Bertz CT molecular complexity index is 560. The van der Waals surface area contributed by atoms with Gasteiger partial charge < -0.3 is 0 Å². The van der Waals surface area contributed by atoms with Crippen LogP contribution in [-0.4, -0.2) is 4.98 Å². The number of hydrogen-bond acceptors (Lipinski definition) is 2. The van der Waals surface area contributed by atoms with Gasteiger partial charge in [0.2, 0.25) is 0 Å². The molecule has 1 aromatic heterocycles. The molecule has 1 aliphatic rings. The Labute approximate surface area is 139 Å².